The second kappa shape index (κ2) is 7.99. The van der Waals surface area contributed by atoms with E-state index in [4.69, 9.17) is 9.26 Å². The standard InChI is InChI=1S/C23H22N2O3S/c26-18(14-25-11-9-16-5-1-2-6-17(16)13-25)15-27-20-8-4-3-7-19(20)22-23-21(28-24-22)10-12-29-23/h1-8,10,12,18,26H,9,11,13-15H2/t18-/m1/s1. The SMILES string of the molecule is O[C@@H](COc1ccccc1-c1noc2ccsc12)CN1CCc2ccccc2C1. The Morgan fingerprint density at radius 2 is 1.93 bits per heavy atom. The van der Waals surface area contributed by atoms with E-state index in [9.17, 15) is 5.11 Å². The number of aliphatic hydroxyl groups excluding tert-OH is 1. The summed E-state index contributed by atoms with van der Waals surface area (Å²) in [5.74, 6) is 0.708. The number of hydrogen-bond acceptors (Lipinski definition) is 6. The molecule has 0 aliphatic carbocycles. The summed E-state index contributed by atoms with van der Waals surface area (Å²) in [4.78, 5) is 2.29. The molecule has 0 bridgehead atoms. The van der Waals surface area contributed by atoms with E-state index in [1.54, 1.807) is 11.3 Å². The predicted octanol–water partition coefficient (Wildman–Crippen LogP) is 4.35. The third kappa shape index (κ3) is 3.79. The lowest BCUT2D eigenvalue weighted by Crippen LogP contribution is -2.38. The summed E-state index contributed by atoms with van der Waals surface area (Å²) in [6, 6.07) is 18.2. The Morgan fingerprint density at radius 3 is 2.86 bits per heavy atom. The quantitative estimate of drug-likeness (QED) is 0.516. The third-order valence-corrected chi connectivity index (χ3v) is 6.23. The van der Waals surface area contributed by atoms with Crippen molar-refractivity contribution in [2.75, 3.05) is 19.7 Å². The summed E-state index contributed by atoms with van der Waals surface area (Å²) in [6.45, 7) is 2.66. The van der Waals surface area contributed by atoms with Crippen LogP contribution in [0.3, 0.4) is 0 Å². The van der Waals surface area contributed by atoms with Crippen molar-refractivity contribution in [3.8, 4) is 17.0 Å². The minimum atomic E-state index is -0.563. The number of rotatable bonds is 6. The first-order valence-electron chi connectivity index (χ1n) is 9.80. The highest BCUT2D eigenvalue weighted by Crippen LogP contribution is 2.36. The Hall–Kier alpha value is -2.67. The van der Waals surface area contributed by atoms with Gasteiger partial charge in [-0.15, -0.1) is 11.3 Å². The molecule has 1 aliphatic heterocycles. The number of ether oxygens (including phenoxy) is 1. The van der Waals surface area contributed by atoms with Gasteiger partial charge in [0.1, 0.15) is 28.9 Å². The van der Waals surface area contributed by atoms with E-state index in [-0.39, 0.29) is 6.61 Å². The average molecular weight is 407 g/mol. The van der Waals surface area contributed by atoms with Crippen LogP contribution in [0.2, 0.25) is 0 Å². The van der Waals surface area contributed by atoms with Crippen LogP contribution in [0, 0.1) is 0 Å². The highest BCUT2D eigenvalue weighted by Gasteiger charge is 2.20. The van der Waals surface area contributed by atoms with Gasteiger partial charge < -0.3 is 14.4 Å². The molecule has 0 radical (unpaired) electrons. The van der Waals surface area contributed by atoms with Gasteiger partial charge in [-0.1, -0.05) is 41.6 Å². The van der Waals surface area contributed by atoms with E-state index in [0.717, 1.165) is 41.1 Å². The minimum Gasteiger partial charge on any atom is -0.490 e. The van der Waals surface area contributed by atoms with Gasteiger partial charge >= 0.3 is 0 Å². The molecule has 2 aromatic heterocycles. The first-order valence-corrected chi connectivity index (χ1v) is 10.7. The van der Waals surface area contributed by atoms with Gasteiger partial charge in [0, 0.05) is 25.2 Å². The number of hydrogen-bond donors (Lipinski definition) is 1. The smallest absolute Gasteiger partial charge is 0.178 e. The molecule has 1 atom stereocenters. The maximum absolute atomic E-state index is 10.6. The number of fused-ring (bicyclic) bond motifs is 2. The van der Waals surface area contributed by atoms with Crippen molar-refractivity contribution < 1.29 is 14.4 Å². The van der Waals surface area contributed by atoms with Gasteiger partial charge in [-0.05, 0) is 41.1 Å². The summed E-state index contributed by atoms with van der Waals surface area (Å²) in [6.07, 6.45) is 0.461. The molecular weight excluding hydrogens is 384 g/mol. The van der Waals surface area contributed by atoms with Crippen LogP contribution < -0.4 is 4.74 Å². The lowest BCUT2D eigenvalue weighted by Gasteiger charge is -2.30. The maximum Gasteiger partial charge on any atom is 0.178 e. The highest BCUT2D eigenvalue weighted by atomic mass is 32.1. The fourth-order valence-electron chi connectivity index (χ4n) is 3.88. The maximum atomic E-state index is 10.6. The van der Waals surface area contributed by atoms with Crippen LogP contribution in [0.15, 0.2) is 64.5 Å². The third-order valence-electron chi connectivity index (χ3n) is 5.33. The highest BCUT2D eigenvalue weighted by molar-refractivity contribution is 7.17. The van der Waals surface area contributed by atoms with Crippen LogP contribution in [-0.2, 0) is 13.0 Å². The van der Waals surface area contributed by atoms with Crippen molar-refractivity contribution in [3.63, 3.8) is 0 Å². The number of benzene rings is 2. The van der Waals surface area contributed by atoms with Crippen molar-refractivity contribution in [1.29, 1.82) is 0 Å². The summed E-state index contributed by atoms with van der Waals surface area (Å²) < 4.78 is 12.4. The lowest BCUT2D eigenvalue weighted by atomic mass is 10.00. The van der Waals surface area contributed by atoms with E-state index >= 15 is 0 Å². The summed E-state index contributed by atoms with van der Waals surface area (Å²) in [5, 5.41) is 16.8. The largest absolute Gasteiger partial charge is 0.490 e. The van der Waals surface area contributed by atoms with Crippen LogP contribution in [0.1, 0.15) is 11.1 Å². The van der Waals surface area contributed by atoms with Crippen molar-refractivity contribution in [1.82, 2.24) is 10.1 Å². The van der Waals surface area contributed by atoms with Crippen LogP contribution in [0.4, 0.5) is 0 Å². The number of para-hydroxylation sites is 1. The van der Waals surface area contributed by atoms with Gasteiger partial charge in [-0.2, -0.15) is 0 Å². The second-order valence-corrected chi connectivity index (χ2v) is 8.28. The van der Waals surface area contributed by atoms with E-state index in [0.29, 0.717) is 12.3 Å². The summed E-state index contributed by atoms with van der Waals surface area (Å²) in [7, 11) is 0. The first kappa shape index (κ1) is 18.4. The Morgan fingerprint density at radius 1 is 1.10 bits per heavy atom. The molecule has 29 heavy (non-hydrogen) atoms. The molecular formula is C23H22N2O3S. The molecule has 0 saturated carbocycles. The number of β-amino-alcohol motifs (C(OH)–C–C–N with tert-alkyl or cyclic N) is 1. The molecule has 3 heterocycles. The molecule has 0 fully saturated rings. The number of nitrogens with zero attached hydrogens (tertiary/aromatic N) is 2. The van der Waals surface area contributed by atoms with Crippen molar-refractivity contribution in [2.24, 2.45) is 0 Å². The van der Waals surface area contributed by atoms with E-state index in [2.05, 4.69) is 34.3 Å². The van der Waals surface area contributed by atoms with Crippen molar-refractivity contribution in [2.45, 2.75) is 19.1 Å². The minimum absolute atomic E-state index is 0.237. The molecule has 1 aliphatic rings. The van der Waals surface area contributed by atoms with Gasteiger partial charge in [0.05, 0.1) is 0 Å². The number of aromatic nitrogens is 1. The molecule has 2 aromatic carbocycles. The fraction of sp³-hybridized carbons (Fsp3) is 0.261. The molecule has 0 spiro atoms. The van der Waals surface area contributed by atoms with Crippen LogP contribution in [-0.4, -0.2) is 41.0 Å². The zero-order valence-corrected chi connectivity index (χ0v) is 16.8. The lowest BCUT2D eigenvalue weighted by molar-refractivity contribution is 0.0639. The Labute approximate surface area is 173 Å². The molecule has 4 aromatic rings. The molecule has 1 N–H and O–H groups in total. The molecule has 148 valence electrons. The van der Waals surface area contributed by atoms with Crippen LogP contribution in [0.5, 0.6) is 5.75 Å². The normalized spacial score (nSPS) is 15.3. The van der Waals surface area contributed by atoms with Crippen LogP contribution >= 0.6 is 11.3 Å². The molecule has 5 rings (SSSR count). The Balaban J connectivity index is 1.25. The van der Waals surface area contributed by atoms with Gasteiger partial charge in [0.15, 0.2) is 5.58 Å². The number of thiophene rings is 1. The Kier molecular flexibility index (Phi) is 5.06. The fourth-order valence-corrected chi connectivity index (χ4v) is 4.69. The number of aliphatic hydroxyl groups is 1. The summed E-state index contributed by atoms with van der Waals surface area (Å²) in [5.41, 5.74) is 5.21. The topological polar surface area (TPSA) is 58.7 Å². The predicted molar refractivity (Wildman–Crippen MR) is 114 cm³/mol. The van der Waals surface area contributed by atoms with Crippen molar-refractivity contribution >= 4 is 21.6 Å². The molecule has 6 heteroatoms. The van der Waals surface area contributed by atoms with Crippen LogP contribution in [0.25, 0.3) is 21.5 Å². The van der Waals surface area contributed by atoms with E-state index in [1.807, 2.05) is 35.7 Å². The average Bonchev–Trinajstić information content (AvgIpc) is 3.36. The van der Waals surface area contributed by atoms with Gasteiger partial charge in [-0.3, -0.25) is 4.90 Å². The second-order valence-electron chi connectivity index (χ2n) is 7.36. The van der Waals surface area contributed by atoms with Gasteiger partial charge in [-0.25, -0.2) is 0 Å². The molecule has 0 amide bonds. The van der Waals surface area contributed by atoms with E-state index in [1.165, 1.54) is 11.1 Å². The summed E-state index contributed by atoms with van der Waals surface area (Å²) >= 11 is 1.60. The van der Waals surface area contributed by atoms with Crippen molar-refractivity contribution in [3.05, 3.63) is 71.1 Å². The first-order chi connectivity index (χ1) is 14.3. The molecule has 5 nitrogen and oxygen atoms in total. The Bertz CT molecular complexity index is 1120. The van der Waals surface area contributed by atoms with Gasteiger partial charge in [0.25, 0.3) is 0 Å². The molecule has 0 unspecified atom stereocenters. The monoisotopic (exact) mass is 406 g/mol. The zero-order valence-electron chi connectivity index (χ0n) is 16.0. The zero-order chi connectivity index (χ0) is 19.6. The molecule has 0 saturated heterocycles. The van der Waals surface area contributed by atoms with E-state index < -0.39 is 6.10 Å². The van der Waals surface area contributed by atoms with Gasteiger partial charge in [0.2, 0.25) is 0 Å².